The van der Waals surface area contributed by atoms with Gasteiger partial charge < -0.3 is 0 Å². The number of hydrogen-bond acceptors (Lipinski definition) is 6. The van der Waals surface area contributed by atoms with Crippen molar-refractivity contribution in [2.24, 2.45) is 0 Å². The van der Waals surface area contributed by atoms with E-state index in [1.807, 2.05) is 67.4 Å². The minimum atomic E-state index is 0.931. The van der Waals surface area contributed by atoms with E-state index in [0.717, 1.165) is 151 Å². The summed E-state index contributed by atoms with van der Waals surface area (Å²) in [5.74, 6) is 0. The summed E-state index contributed by atoms with van der Waals surface area (Å²) < 4.78 is 6.53. The van der Waals surface area contributed by atoms with Gasteiger partial charge in [0.1, 0.15) is 16.9 Å². The highest BCUT2D eigenvalue weighted by atomic mass is 15.0. The molecule has 27 rings (SSSR count). The second-order valence-electron chi connectivity index (χ2n) is 35.7. The van der Waals surface area contributed by atoms with Gasteiger partial charge in [0.15, 0.2) is 0 Å². The lowest BCUT2D eigenvalue weighted by molar-refractivity contribution is 1.19. The van der Waals surface area contributed by atoms with Crippen molar-refractivity contribution in [2.75, 3.05) is 0 Å². The summed E-state index contributed by atoms with van der Waals surface area (Å²) in [6.45, 7) is 0. The van der Waals surface area contributed by atoms with Crippen LogP contribution in [-0.2, 0) is 0 Å². The number of pyridine rings is 6. The largest absolute Gasteiger partial charge is 0.299 e. The molecule has 9 nitrogen and oxygen atoms in total. The third kappa shape index (κ3) is 16.1. The number of nitrogens with zero attached hydrogens (tertiary/aromatic N) is 9. The molecule has 0 spiro atoms. The first-order chi connectivity index (χ1) is 69.9. The van der Waals surface area contributed by atoms with Crippen LogP contribution >= 0.6 is 0 Å². The average Bonchev–Trinajstić information content (AvgIpc) is 1.74. The highest BCUT2D eigenvalue weighted by Gasteiger charge is 2.24. The Hall–Kier alpha value is -19.0. The quantitative estimate of drug-likeness (QED) is 0.0950. The molecule has 141 heavy (non-hydrogen) atoms. The van der Waals surface area contributed by atoms with Crippen molar-refractivity contribution in [1.82, 2.24) is 43.1 Å². The molecule has 660 valence electrons. The van der Waals surface area contributed by atoms with Gasteiger partial charge in [0, 0.05) is 94.1 Å². The number of benzene rings is 18. The van der Waals surface area contributed by atoms with Crippen LogP contribution in [0.3, 0.4) is 0 Å². The summed E-state index contributed by atoms with van der Waals surface area (Å²) in [7, 11) is 0. The average molecular weight is 1800 g/mol. The lowest BCUT2D eigenvalue weighted by Crippen LogP contribution is -1.90. The third-order valence-corrected chi connectivity index (χ3v) is 27.2. The van der Waals surface area contributed by atoms with Crippen molar-refractivity contribution >= 4 is 81.6 Å². The molecule has 0 fully saturated rings. The van der Waals surface area contributed by atoms with Gasteiger partial charge >= 0.3 is 0 Å². The van der Waals surface area contributed by atoms with E-state index in [4.69, 9.17) is 19.9 Å². The number of rotatable bonds is 15. The number of fused-ring (bicyclic) bond motifs is 12. The van der Waals surface area contributed by atoms with Crippen molar-refractivity contribution in [3.63, 3.8) is 0 Å². The Morgan fingerprint density at radius 3 is 0.787 bits per heavy atom. The van der Waals surface area contributed by atoms with Crippen LogP contribution in [-0.4, -0.2) is 43.1 Å². The molecule has 0 aliphatic rings. The normalized spacial score (nSPS) is 11.4. The molecular weight excluding hydrogens is 1710 g/mol. The zero-order valence-electron chi connectivity index (χ0n) is 76.8. The first kappa shape index (κ1) is 83.8. The first-order valence-corrected chi connectivity index (χ1v) is 47.7. The molecule has 0 unspecified atom stereocenters. The monoisotopic (exact) mass is 1800 g/mol. The van der Waals surface area contributed by atoms with Crippen LogP contribution in [0.4, 0.5) is 0 Å². The van der Waals surface area contributed by atoms with Gasteiger partial charge in [-0.3, -0.25) is 28.2 Å². The highest BCUT2D eigenvalue weighted by Crippen LogP contribution is 2.47. The third-order valence-electron chi connectivity index (χ3n) is 27.2. The standard InChI is InChI=1S/3C44H29N3/c1-2-12-32(13-3-1)44-43(46-42-19-9-11-25-47(42)44)31-22-20-30(21-23-31)34-26-35(28-36(27-34)41-18-8-10-24-45-41)40-29-33-14-4-5-15-37(33)38-16-6-7-17-39(38)40;1-2-11-32(12-3-1)44-43(46-42-18-8-9-24-47(42)44)31-21-19-30(20-22-31)35-25-36(34-14-10-23-45-29-34)27-37(26-35)41-28-33-13-4-5-15-38(33)39-16-6-7-17-40(39)41;1-2-10-33(11-3-1)44-43(46-42-16-8-9-25-47(42)44)32-19-17-30(18-20-32)35-26-36(31-21-23-45-24-22-31)28-37(27-35)41-29-34-12-4-5-13-38(34)39-14-6-7-15-40(39)41/h3*1-29H. The Kier molecular flexibility index (Phi) is 21.8. The molecule has 0 bridgehead atoms. The van der Waals surface area contributed by atoms with Crippen molar-refractivity contribution in [2.45, 2.75) is 0 Å². The highest BCUT2D eigenvalue weighted by molar-refractivity contribution is 6.17. The van der Waals surface area contributed by atoms with E-state index in [2.05, 4.69) is 485 Å². The van der Waals surface area contributed by atoms with Crippen LogP contribution in [0.5, 0.6) is 0 Å². The second kappa shape index (κ2) is 36.7. The van der Waals surface area contributed by atoms with E-state index in [1.54, 1.807) is 0 Å². The van der Waals surface area contributed by atoms with Crippen LogP contribution in [0.2, 0.25) is 0 Å². The lowest BCUT2D eigenvalue weighted by Gasteiger charge is -2.15. The zero-order valence-corrected chi connectivity index (χ0v) is 76.8. The minimum absolute atomic E-state index is 0.931. The molecule has 0 radical (unpaired) electrons. The van der Waals surface area contributed by atoms with Crippen LogP contribution < -0.4 is 0 Å². The topological polar surface area (TPSA) is 90.6 Å². The maximum absolute atomic E-state index is 5.08. The summed E-state index contributed by atoms with van der Waals surface area (Å²) in [5, 5.41) is 15.1. The molecule has 0 N–H and O–H groups in total. The number of aromatic nitrogens is 9. The zero-order chi connectivity index (χ0) is 93.5. The first-order valence-electron chi connectivity index (χ1n) is 47.7. The Balaban J connectivity index is 0.000000111. The molecule has 9 aromatic heterocycles. The van der Waals surface area contributed by atoms with Gasteiger partial charge in [0.2, 0.25) is 0 Å². The maximum atomic E-state index is 5.08. The van der Waals surface area contributed by atoms with Crippen molar-refractivity contribution in [3.05, 3.63) is 529 Å². The van der Waals surface area contributed by atoms with Crippen LogP contribution in [0.15, 0.2) is 529 Å². The second-order valence-corrected chi connectivity index (χ2v) is 35.7. The summed E-state index contributed by atoms with van der Waals surface area (Å²) in [4.78, 5) is 28.7. The Morgan fingerprint density at radius 1 is 0.156 bits per heavy atom. The molecule has 0 saturated heterocycles. The van der Waals surface area contributed by atoms with E-state index in [9.17, 15) is 0 Å². The van der Waals surface area contributed by atoms with Gasteiger partial charge in [-0.1, -0.05) is 340 Å². The fourth-order valence-corrected chi connectivity index (χ4v) is 20.5. The van der Waals surface area contributed by atoms with Crippen LogP contribution in [0.1, 0.15) is 0 Å². The predicted octanol–water partition coefficient (Wildman–Crippen LogP) is 34.1. The smallest absolute Gasteiger partial charge is 0.137 e. The Morgan fingerprint density at radius 2 is 0.440 bits per heavy atom. The molecular formula is C132H87N9. The van der Waals surface area contributed by atoms with E-state index in [1.165, 1.54) is 98.0 Å². The maximum Gasteiger partial charge on any atom is 0.137 e. The Labute approximate surface area is 815 Å². The van der Waals surface area contributed by atoms with Gasteiger partial charge in [-0.05, 0) is 288 Å². The molecule has 9 heteroatoms. The van der Waals surface area contributed by atoms with Crippen molar-refractivity contribution in [1.29, 1.82) is 0 Å². The van der Waals surface area contributed by atoms with Gasteiger partial charge in [-0.15, -0.1) is 0 Å². The number of imidazole rings is 3. The molecule has 9 heterocycles. The molecule has 0 saturated carbocycles. The minimum Gasteiger partial charge on any atom is -0.299 e. The number of hydrogen-bond donors (Lipinski definition) is 0. The van der Waals surface area contributed by atoms with E-state index < -0.39 is 0 Å². The lowest BCUT2D eigenvalue weighted by atomic mass is 9.89. The molecule has 18 aromatic carbocycles. The molecule has 0 atom stereocenters. The van der Waals surface area contributed by atoms with Gasteiger partial charge in [-0.2, -0.15) is 0 Å². The van der Waals surface area contributed by atoms with E-state index in [-0.39, 0.29) is 0 Å². The SMILES string of the molecule is c1ccc(-c2c(-c3ccc(-c4cc(-c5ccccn5)cc(-c5cc6ccccc6c6ccccc56)c4)cc3)nc3ccccn23)cc1.c1ccc(-c2c(-c3ccc(-c4cc(-c5cccnc5)cc(-c5cc6ccccc6c6ccccc56)c4)cc3)nc3ccccn23)cc1.c1ccc(-c2c(-c3ccc(-c4cc(-c5ccncc5)cc(-c5cc6ccccc6c6ccccc56)c4)cc3)nc3ccccn23)cc1. The Bertz CT molecular complexity index is 8510. The summed E-state index contributed by atoms with van der Waals surface area (Å²) in [5.41, 5.74) is 36.4. The van der Waals surface area contributed by atoms with E-state index in [0.29, 0.717) is 0 Å². The van der Waals surface area contributed by atoms with E-state index >= 15 is 0 Å². The summed E-state index contributed by atoms with van der Waals surface area (Å²) in [6.07, 6.45) is 15.6. The predicted molar refractivity (Wildman–Crippen MR) is 586 cm³/mol. The molecule has 0 aliphatic carbocycles. The molecule has 0 amide bonds. The van der Waals surface area contributed by atoms with Crippen LogP contribution in [0, 0.1) is 0 Å². The van der Waals surface area contributed by atoms with Gasteiger partial charge in [0.25, 0.3) is 0 Å². The summed E-state index contributed by atoms with van der Waals surface area (Å²) >= 11 is 0. The van der Waals surface area contributed by atoms with Crippen LogP contribution in [0.25, 0.3) is 249 Å². The molecule has 27 aromatic rings. The fourth-order valence-electron chi connectivity index (χ4n) is 20.5. The molecule has 0 aliphatic heterocycles. The summed E-state index contributed by atoms with van der Waals surface area (Å²) in [6, 6.07) is 171. The van der Waals surface area contributed by atoms with Gasteiger partial charge in [0.05, 0.1) is 39.9 Å². The fraction of sp³-hybridized carbons (Fsp3) is 0. The van der Waals surface area contributed by atoms with Crippen molar-refractivity contribution < 1.29 is 0 Å². The van der Waals surface area contributed by atoms with Crippen molar-refractivity contribution in [3.8, 4) is 168 Å². The van der Waals surface area contributed by atoms with Gasteiger partial charge in [-0.25, -0.2) is 15.0 Å².